The number of amides is 1. The summed E-state index contributed by atoms with van der Waals surface area (Å²) in [4.78, 5) is 11.9. The van der Waals surface area contributed by atoms with E-state index in [0.29, 0.717) is 17.6 Å². The lowest BCUT2D eigenvalue weighted by Gasteiger charge is -2.19. The van der Waals surface area contributed by atoms with Crippen LogP contribution in [0.15, 0.2) is 36.4 Å². The van der Waals surface area contributed by atoms with Gasteiger partial charge in [0.15, 0.2) is 11.5 Å². The van der Waals surface area contributed by atoms with Crippen molar-refractivity contribution in [2.75, 3.05) is 5.32 Å². The second kappa shape index (κ2) is 5.99. The van der Waals surface area contributed by atoms with Gasteiger partial charge >= 0.3 is 0 Å². The average Bonchev–Trinajstić information content (AvgIpc) is 3.31. The van der Waals surface area contributed by atoms with Crippen LogP contribution in [0.1, 0.15) is 49.7 Å². The van der Waals surface area contributed by atoms with E-state index >= 15 is 0 Å². The van der Waals surface area contributed by atoms with Crippen molar-refractivity contribution < 1.29 is 4.79 Å². The first-order valence-corrected chi connectivity index (χ1v) is 7.94. The molecule has 0 unspecified atom stereocenters. The molecule has 0 atom stereocenters. The topological polar surface area (TPSA) is 66.9 Å². The van der Waals surface area contributed by atoms with Crippen LogP contribution in [0, 0.1) is 0 Å². The highest BCUT2D eigenvalue weighted by molar-refractivity contribution is 5.92. The van der Waals surface area contributed by atoms with Gasteiger partial charge in [-0.2, -0.15) is 0 Å². The predicted octanol–water partition coefficient (Wildman–Crippen LogP) is 3.41. The Morgan fingerprint density at radius 3 is 2.26 bits per heavy atom. The fourth-order valence-corrected chi connectivity index (χ4v) is 2.21. The zero-order chi connectivity index (χ0) is 16.4. The number of carbonyl (C=O) groups excluding carboxylic acids is 1. The van der Waals surface area contributed by atoms with E-state index in [0.717, 1.165) is 18.5 Å². The van der Waals surface area contributed by atoms with Crippen LogP contribution in [0.5, 0.6) is 0 Å². The van der Waals surface area contributed by atoms with E-state index in [1.165, 1.54) is 5.56 Å². The maximum atomic E-state index is 11.9. The number of hydrogen-bond acceptors (Lipinski definition) is 4. The van der Waals surface area contributed by atoms with Gasteiger partial charge in [-0.25, -0.2) is 0 Å². The van der Waals surface area contributed by atoms with E-state index in [-0.39, 0.29) is 11.3 Å². The molecule has 3 rings (SSSR count). The molecular formula is C18H22N4O. The van der Waals surface area contributed by atoms with Crippen LogP contribution in [0.3, 0.4) is 0 Å². The lowest BCUT2D eigenvalue weighted by Crippen LogP contribution is -2.26. The first-order valence-electron chi connectivity index (χ1n) is 7.94. The van der Waals surface area contributed by atoms with Crippen molar-refractivity contribution in [1.29, 1.82) is 0 Å². The highest BCUT2D eigenvalue weighted by Gasteiger charge is 2.24. The summed E-state index contributed by atoms with van der Waals surface area (Å²) in [5.74, 6) is 0.470. The molecule has 0 spiro atoms. The molecule has 1 heterocycles. The quantitative estimate of drug-likeness (QED) is 0.908. The molecule has 5 nitrogen and oxygen atoms in total. The number of nitrogens with one attached hydrogen (secondary N) is 2. The van der Waals surface area contributed by atoms with Crippen LogP contribution < -0.4 is 10.6 Å². The molecule has 1 amide bonds. The number of anilines is 2. The van der Waals surface area contributed by atoms with Crippen molar-refractivity contribution in [3.8, 4) is 0 Å². The summed E-state index contributed by atoms with van der Waals surface area (Å²) in [5, 5.41) is 14.2. The van der Waals surface area contributed by atoms with Crippen LogP contribution in [0.4, 0.5) is 11.5 Å². The Hall–Kier alpha value is -2.43. The molecule has 1 saturated carbocycles. The number of nitrogens with zero attached hydrogens (tertiary/aromatic N) is 2. The number of rotatable bonds is 4. The normalized spacial score (nSPS) is 14.4. The smallest absolute Gasteiger partial charge is 0.272 e. The van der Waals surface area contributed by atoms with Crippen molar-refractivity contribution >= 4 is 17.4 Å². The van der Waals surface area contributed by atoms with Gasteiger partial charge in [0.1, 0.15) is 0 Å². The summed E-state index contributed by atoms with van der Waals surface area (Å²) in [6.45, 7) is 6.56. The fraction of sp³-hybridized carbons (Fsp3) is 0.389. The molecule has 0 radical (unpaired) electrons. The van der Waals surface area contributed by atoms with Crippen LogP contribution in [-0.2, 0) is 5.41 Å². The van der Waals surface area contributed by atoms with Gasteiger partial charge in [-0.3, -0.25) is 4.79 Å². The molecule has 1 aliphatic carbocycles. The minimum atomic E-state index is -0.152. The Labute approximate surface area is 136 Å². The Kier molecular flexibility index (Phi) is 4.03. The maximum Gasteiger partial charge on any atom is 0.272 e. The van der Waals surface area contributed by atoms with E-state index in [4.69, 9.17) is 0 Å². The second-order valence-electron chi connectivity index (χ2n) is 7.00. The SMILES string of the molecule is CC(C)(C)c1ccc(Nc2ccc(C(=O)NC3CC3)nn2)cc1. The Bertz CT molecular complexity index is 682. The van der Waals surface area contributed by atoms with Crippen molar-refractivity contribution in [3.05, 3.63) is 47.7 Å². The minimum absolute atomic E-state index is 0.134. The van der Waals surface area contributed by atoms with E-state index < -0.39 is 0 Å². The van der Waals surface area contributed by atoms with Gasteiger partial charge in [-0.05, 0) is 48.1 Å². The van der Waals surface area contributed by atoms with Crippen LogP contribution in [0.2, 0.25) is 0 Å². The van der Waals surface area contributed by atoms with Gasteiger partial charge in [0.2, 0.25) is 0 Å². The molecule has 0 saturated heterocycles. The summed E-state index contributed by atoms with van der Waals surface area (Å²) in [7, 11) is 0. The van der Waals surface area contributed by atoms with Gasteiger partial charge < -0.3 is 10.6 Å². The third kappa shape index (κ3) is 4.06. The van der Waals surface area contributed by atoms with Gasteiger partial charge in [0, 0.05) is 11.7 Å². The van der Waals surface area contributed by atoms with E-state index in [1.54, 1.807) is 12.1 Å². The van der Waals surface area contributed by atoms with E-state index in [2.05, 4.69) is 53.7 Å². The molecule has 1 aromatic carbocycles. The maximum absolute atomic E-state index is 11.9. The summed E-state index contributed by atoms with van der Waals surface area (Å²) in [6.07, 6.45) is 2.12. The molecular weight excluding hydrogens is 288 g/mol. The summed E-state index contributed by atoms with van der Waals surface area (Å²) >= 11 is 0. The zero-order valence-electron chi connectivity index (χ0n) is 13.8. The van der Waals surface area contributed by atoms with Gasteiger partial charge in [0.05, 0.1) is 0 Å². The van der Waals surface area contributed by atoms with Crippen molar-refractivity contribution in [2.24, 2.45) is 0 Å². The number of benzene rings is 1. The first-order chi connectivity index (χ1) is 10.9. The summed E-state index contributed by atoms with van der Waals surface area (Å²) < 4.78 is 0. The first kappa shape index (κ1) is 15.5. The fourth-order valence-electron chi connectivity index (χ4n) is 2.21. The number of hydrogen-bond donors (Lipinski definition) is 2. The molecule has 1 fully saturated rings. The Balaban J connectivity index is 1.64. The van der Waals surface area contributed by atoms with Gasteiger partial charge in [-0.1, -0.05) is 32.9 Å². The van der Waals surface area contributed by atoms with Crippen LogP contribution in [-0.4, -0.2) is 22.1 Å². The van der Waals surface area contributed by atoms with Crippen molar-refractivity contribution in [2.45, 2.75) is 45.1 Å². The molecule has 120 valence electrons. The zero-order valence-corrected chi connectivity index (χ0v) is 13.8. The molecule has 0 aliphatic heterocycles. The summed E-state index contributed by atoms with van der Waals surface area (Å²) in [5.41, 5.74) is 2.71. The van der Waals surface area contributed by atoms with E-state index in [1.807, 2.05) is 12.1 Å². The third-order valence-corrected chi connectivity index (χ3v) is 3.83. The lowest BCUT2D eigenvalue weighted by atomic mass is 9.87. The minimum Gasteiger partial charge on any atom is -0.348 e. The Morgan fingerprint density at radius 2 is 1.74 bits per heavy atom. The van der Waals surface area contributed by atoms with Crippen LogP contribution in [0.25, 0.3) is 0 Å². The molecule has 2 N–H and O–H groups in total. The van der Waals surface area contributed by atoms with E-state index in [9.17, 15) is 4.79 Å². The largest absolute Gasteiger partial charge is 0.348 e. The summed E-state index contributed by atoms with van der Waals surface area (Å²) in [6, 6.07) is 12.0. The second-order valence-corrected chi connectivity index (χ2v) is 7.00. The predicted molar refractivity (Wildman–Crippen MR) is 90.9 cm³/mol. The van der Waals surface area contributed by atoms with Crippen LogP contribution >= 0.6 is 0 Å². The van der Waals surface area contributed by atoms with Crippen molar-refractivity contribution in [3.63, 3.8) is 0 Å². The third-order valence-electron chi connectivity index (χ3n) is 3.83. The highest BCUT2D eigenvalue weighted by atomic mass is 16.2. The van der Waals surface area contributed by atoms with Gasteiger partial charge in [0.25, 0.3) is 5.91 Å². The molecule has 1 aliphatic rings. The molecule has 5 heteroatoms. The molecule has 23 heavy (non-hydrogen) atoms. The number of aromatic nitrogens is 2. The molecule has 2 aromatic rings. The standard InChI is InChI=1S/C18H22N4O/c1-18(2,3)12-4-6-13(7-5-12)19-16-11-10-15(21-22-16)17(23)20-14-8-9-14/h4-7,10-11,14H,8-9H2,1-3H3,(H,19,22)(H,20,23). The Morgan fingerprint density at radius 1 is 1.04 bits per heavy atom. The lowest BCUT2D eigenvalue weighted by molar-refractivity contribution is 0.0945. The van der Waals surface area contributed by atoms with Crippen molar-refractivity contribution in [1.82, 2.24) is 15.5 Å². The average molecular weight is 310 g/mol. The number of carbonyl (C=O) groups is 1. The molecule has 0 bridgehead atoms. The van der Waals surface area contributed by atoms with Gasteiger partial charge in [-0.15, -0.1) is 10.2 Å². The molecule has 1 aromatic heterocycles. The monoisotopic (exact) mass is 310 g/mol. The highest BCUT2D eigenvalue weighted by Crippen LogP contribution is 2.24.